The van der Waals surface area contributed by atoms with Crippen molar-refractivity contribution in [1.82, 2.24) is 5.32 Å². The summed E-state index contributed by atoms with van der Waals surface area (Å²) in [6.07, 6.45) is 0.837. The molecule has 0 unspecified atom stereocenters. The number of nitrogen functional groups attached to an aromatic ring is 1. The van der Waals surface area contributed by atoms with E-state index in [1.165, 1.54) is 6.07 Å². The van der Waals surface area contributed by atoms with E-state index >= 15 is 0 Å². The summed E-state index contributed by atoms with van der Waals surface area (Å²) in [7, 11) is -3.59. The third-order valence-electron chi connectivity index (χ3n) is 4.16. The lowest BCUT2D eigenvalue weighted by molar-refractivity contribution is 0.488. The molecular weight excluding hydrogens is 312 g/mol. The molecule has 0 spiro atoms. The van der Waals surface area contributed by atoms with Gasteiger partial charge in [-0.3, -0.25) is 0 Å². The molecule has 0 saturated heterocycles. The van der Waals surface area contributed by atoms with Crippen LogP contribution in [0.25, 0.3) is 11.0 Å². The van der Waals surface area contributed by atoms with E-state index in [9.17, 15) is 8.42 Å². The summed E-state index contributed by atoms with van der Waals surface area (Å²) >= 11 is 0. The van der Waals surface area contributed by atoms with Gasteiger partial charge >= 0.3 is 0 Å². The molecular formula is C17H16N2O3S. The number of sulfone groups is 1. The van der Waals surface area contributed by atoms with Crippen molar-refractivity contribution in [3.8, 4) is 0 Å². The largest absolute Gasteiger partial charge is 0.459 e. The van der Waals surface area contributed by atoms with Crippen LogP contribution in [0.1, 0.15) is 11.3 Å². The molecule has 2 heterocycles. The number of nitrogens with one attached hydrogen (secondary N) is 1. The van der Waals surface area contributed by atoms with E-state index in [0.717, 1.165) is 35.3 Å². The fourth-order valence-corrected chi connectivity index (χ4v) is 4.34. The second kappa shape index (κ2) is 5.11. The van der Waals surface area contributed by atoms with Crippen molar-refractivity contribution in [2.75, 3.05) is 12.3 Å². The molecule has 0 fully saturated rings. The predicted octanol–water partition coefficient (Wildman–Crippen LogP) is 2.49. The Morgan fingerprint density at radius 3 is 2.74 bits per heavy atom. The van der Waals surface area contributed by atoms with Crippen LogP contribution in [0.5, 0.6) is 0 Å². The molecule has 5 nitrogen and oxygen atoms in total. The second-order valence-electron chi connectivity index (χ2n) is 5.66. The Kier molecular flexibility index (Phi) is 3.18. The highest BCUT2D eigenvalue weighted by atomic mass is 32.2. The number of anilines is 1. The molecule has 6 heteroatoms. The van der Waals surface area contributed by atoms with Crippen molar-refractivity contribution in [2.24, 2.45) is 0 Å². The Morgan fingerprint density at radius 1 is 1.09 bits per heavy atom. The summed E-state index contributed by atoms with van der Waals surface area (Å²) in [4.78, 5) is 0.466. The van der Waals surface area contributed by atoms with Gasteiger partial charge in [0.05, 0.1) is 16.3 Å². The average molecular weight is 328 g/mol. The fourth-order valence-electron chi connectivity index (χ4n) is 3.00. The fraction of sp³-hybridized carbons (Fsp3) is 0.176. The first-order valence-electron chi connectivity index (χ1n) is 7.41. The van der Waals surface area contributed by atoms with E-state index in [4.69, 9.17) is 10.2 Å². The molecule has 3 N–H and O–H groups in total. The van der Waals surface area contributed by atoms with Gasteiger partial charge in [-0.15, -0.1) is 0 Å². The number of nitrogens with two attached hydrogens (primary N) is 1. The monoisotopic (exact) mass is 328 g/mol. The normalized spacial score (nSPS) is 14.8. The molecule has 0 saturated carbocycles. The maximum atomic E-state index is 12.8. The van der Waals surface area contributed by atoms with Gasteiger partial charge in [0.25, 0.3) is 0 Å². The standard InChI is InChI=1S/C17H16N2O3S/c18-11-2-1-3-12(8-11)23(20,21)13-4-5-16-15(9-13)14-6-7-19-10-17(14)22-16/h1-5,8-9,19H,6-7,10,18H2. The Bertz CT molecular complexity index is 1010. The van der Waals surface area contributed by atoms with Crippen molar-refractivity contribution in [3.63, 3.8) is 0 Å². The summed E-state index contributed by atoms with van der Waals surface area (Å²) in [6, 6.07) is 11.4. The quantitative estimate of drug-likeness (QED) is 0.706. The molecule has 0 radical (unpaired) electrons. The minimum atomic E-state index is -3.59. The van der Waals surface area contributed by atoms with Gasteiger partial charge in [0.2, 0.25) is 9.84 Å². The highest BCUT2D eigenvalue weighted by molar-refractivity contribution is 7.91. The average Bonchev–Trinajstić information content (AvgIpc) is 2.92. The number of rotatable bonds is 2. The van der Waals surface area contributed by atoms with E-state index in [1.54, 1.807) is 36.4 Å². The van der Waals surface area contributed by atoms with Crippen molar-refractivity contribution >= 4 is 26.5 Å². The maximum absolute atomic E-state index is 12.8. The first kappa shape index (κ1) is 14.3. The number of benzene rings is 2. The third-order valence-corrected chi connectivity index (χ3v) is 5.91. The molecule has 0 bridgehead atoms. The third kappa shape index (κ3) is 2.31. The predicted molar refractivity (Wildman–Crippen MR) is 87.9 cm³/mol. The zero-order valence-corrected chi connectivity index (χ0v) is 13.2. The molecule has 1 aliphatic rings. The zero-order valence-electron chi connectivity index (χ0n) is 12.4. The molecule has 0 amide bonds. The smallest absolute Gasteiger partial charge is 0.206 e. The summed E-state index contributed by atoms with van der Waals surface area (Å²) in [5, 5.41) is 4.13. The van der Waals surface area contributed by atoms with E-state index in [2.05, 4.69) is 5.32 Å². The molecule has 1 aliphatic heterocycles. The zero-order chi connectivity index (χ0) is 16.0. The van der Waals surface area contributed by atoms with Crippen LogP contribution in [-0.4, -0.2) is 15.0 Å². The van der Waals surface area contributed by atoms with Crippen LogP contribution in [0.3, 0.4) is 0 Å². The minimum Gasteiger partial charge on any atom is -0.459 e. The van der Waals surface area contributed by atoms with E-state index in [1.807, 2.05) is 0 Å². The number of hydrogen-bond donors (Lipinski definition) is 2. The van der Waals surface area contributed by atoms with Crippen LogP contribution >= 0.6 is 0 Å². The van der Waals surface area contributed by atoms with Gasteiger partial charge in [-0.1, -0.05) is 6.07 Å². The number of fused-ring (bicyclic) bond motifs is 3. The van der Waals surface area contributed by atoms with Crippen molar-refractivity contribution in [1.29, 1.82) is 0 Å². The molecule has 2 aromatic carbocycles. The lowest BCUT2D eigenvalue weighted by Gasteiger charge is -2.11. The summed E-state index contributed by atoms with van der Waals surface area (Å²) in [5.41, 5.74) is 7.97. The van der Waals surface area contributed by atoms with Crippen LogP contribution in [0.2, 0.25) is 0 Å². The van der Waals surface area contributed by atoms with E-state index in [-0.39, 0.29) is 9.79 Å². The van der Waals surface area contributed by atoms with Crippen molar-refractivity contribution < 1.29 is 12.8 Å². The molecule has 0 aliphatic carbocycles. The van der Waals surface area contributed by atoms with Crippen molar-refractivity contribution in [2.45, 2.75) is 22.8 Å². The summed E-state index contributed by atoms with van der Waals surface area (Å²) in [6.45, 7) is 1.55. The Balaban J connectivity index is 1.88. The van der Waals surface area contributed by atoms with Gasteiger partial charge in [0.1, 0.15) is 11.3 Å². The van der Waals surface area contributed by atoms with Gasteiger partial charge in [0.15, 0.2) is 0 Å². The Labute approximate surface area is 134 Å². The SMILES string of the molecule is Nc1cccc(S(=O)(=O)c2ccc3oc4c(c3c2)CCNC4)c1. The molecule has 0 atom stereocenters. The van der Waals surface area contributed by atoms with Crippen LogP contribution in [0.4, 0.5) is 5.69 Å². The Hall–Kier alpha value is -2.31. The number of hydrogen-bond acceptors (Lipinski definition) is 5. The van der Waals surface area contributed by atoms with Crippen LogP contribution in [0, 0.1) is 0 Å². The van der Waals surface area contributed by atoms with Gasteiger partial charge < -0.3 is 15.5 Å². The van der Waals surface area contributed by atoms with Crippen molar-refractivity contribution in [3.05, 3.63) is 53.8 Å². The van der Waals surface area contributed by atoms with Gasteiger partial charge in [-0.2, -0.15) is 0 Å². The Morgan fingerprint density at radius 2 is 1.91 bits per heavy atom. The topological polar surface area (TPSA) is 85.3 Å². The molecule has 1 aromatic heterocycles. The summed E-state index contributed by atoms with van der Waals surface area (Å²) in [5.74, 6) is 0.893. The lowest BCUT2D eigenvalue weighted by atomic mass is 10.1. The highest BCUT2D eigenvalue weighted by Crippen LogP contribution is 2.32. The van der Waals surface area contributed by atoms with Gasteiger partial charge in [-0.25, -0.2) is 8.42 Å². The van der Waals surface area contributed by atoms with Crippen LogP contribution in [0.15, 0.2) is 56.7 Å². The van der Waals surface area contributed by atoms with E-state index < -0.39 is 9.84 Å². The maximum Gasteiger partial charge on any atom is 0.206 e. The molecule has 4 rings (SSSR count). The summed E-state index contributed by atoms with van der Waals surface area (Å²) < 4.78 is 31.4. The van der Waals surface area contributed by atoms with Crippen LogP contribution < -0.4 is 11.1 Å². The van der Waals surface area contributed by atoms with Gasteiger partial charge in [0, 0.05) is 16.6 Å². The first-order chi connectivity index (χ1) is 11.1. The minimum absolute atomic E-state index is 0.205. The second-order valence-corrected chi connectivity index (χ2v) is 7.61. The molecule has 118 valence electrons. The van der Waals surface area contributed by atoms with Crippen LogP contribution in [-0.2, 0) is 22.8 Å². The van der Waals surface area contributed by atoms with E-state index in [0.29, 0.717) is 12.2 Å². The lowest BCUT2D eigenvalue weighted by Crippen LogP contribution is -2.22. The van der Waals surface area contributed by atoms with Gasteiger partial charge in [-0.05, 0) is 49.4 Å². The molecule has 3 aromatic rings. The number of furan rings is 1. The first-order valence-corrected chi connectivity index (χ1v) is 8.90. The highest BCUT2D eigenvalue weighted by Gasteiger charge is 2.22. The molecule has 23 heavy (non-hydrogen) atoms.